The standard InChI is InChI=1S/C24H30N4O4/c1-26(23(31)25-21(22(29)30)16-18-8-4-3-5-9-18)14-15-27(2)24(32)28-13-12-19-10-6-7-11-20(19)17-28/h3-11,21H,12-17H2,1-2H3,(H,25,31)(H,29,30)/t21-/m0/s1. The summed E-state index contributed by atoms with van der Waals surface area (Å²) in [5.41, 5.74) is 3.27. The number of likely N-dealkylation sites (N-methyl/N-ethyl adjacent to an activating group) is 2. The Hall–Kier alpha value is -3.55. The molecule has 1 aliphatic rings. The lowest BCUT2D eigenvalue weighted by atomic mass is 10.0. The van der Waals surface area contributed by atoms with Crippen LogP contribution in [0.2, 0.25) is 0 Å². The second-order valence-corrected chi connectivity index (χ2v) is 8.10. The maximum atomic E-state index is 12.8. The van der Waals surface area contributed by atoms with Gasteiger partial charge in [-0.05, 0) is 23.1 Å². The van der Waals surface area contributed by atoms with Crippen LogP contribution in [-0.4, -0.2) is 77.6 Å². The Morgan fingerprint density at radius 3 is 2.28 bits per heavy atom. The van der Waals surface area contributed by atoms with E-state index in [9.17, 15) is 19.5 Å². The average molecular weight is 439 g/mol. The lowest BCUT2D eigenvalue weighted by molar-refractivity contribution is -0.139. The third-order valence-corrected chi connectivity index (χ3v) is 5.72. The van der Waals surface area contributed by atoms with Gasteiger partial charge < -0.3 is 25.1 Å². The molecule has 0 saturated heterocycles. The molecule has 8 nitrogen and oxygen atoms in total. The van der Waals surface area contributed by atoms with E-state index in [-0.39, 0.29) is 19.0 Å². The van der Waals surface area contributed by atoms with Gasteiger partial charge in [-0.3, -0.25) is 0 Å². The van der Waals surface area contributed by atoms with Crippen molar-refractivity contribution >= 4 is 18.0 Å². The minimum Gasteiger partial charge on any atom is -0.480 e. The largest absolute Gasteiger partial charge is 0.480 e. The Labute approximate surface area is 188 Å². The first kappa shape index (κ1) is 23.1. The smallest absolute Gasteiger partial charge is 0.326 e. The summed E-state index contributed by atoms with van der Waals surface area (Å²) in [6, 6.07) is 15.7. The van der Waals surface area contributed by atoms with Crippen molar-refractivity contribution in [1.82, 2.24) is 20.0 Å². The molecule has 4 amide bonds. The number of benzene rings is 2. The molecular weight excluding hydrogens is 408 g/mol. The van der Waals surface area contributed by atoms with Crippen LogP contribution in [0, 0.1) is 0 Å². The monoisotopic (exact) mass is 438 g/mol. The van der Waals surface area contributed by atoms with Gasteiger partial charge in [-0.2, -0.15) is 0 Å². The summed E-state index contributed by atoms with van der Waals surface area (Å²) in [5.74, 6) is -1.09. The predicted octanol–water partition coefficient (Wildman–Crippen LogP) is 2.43. The van der Waals surface area contributed by atoms with Crippen LogP contribution < -0.4 is 5.32 Å². The van der Waals surface area contributed by atoms with Gasteiger partial charge in [0.1, 0.15) is 6.04 Å². The summed E-state index contributed by atoms with van der Waals surface area (Å²) in [5, 5.41) is 12.0. The second kappa shape index (κ2) is 10.7. The third kappa shape index (κ3) is 6.00. The van der Waals surface area contributed by atoms with E-state index in [1.807, 2.05) is 53.4 Å². The quantitative estimate of drug-likeness (QED) is 0.694. The lowest BCUT2D eigenvalue weighted by Crippen LogP contribution is -2.50. The average Bonchev–Trinajstić information content (AvgIpc) is 2.81. The number of hydrogen-bond acceptors (Lipinski definition) is 3. The van der Waals surface area contributed by atoms with Gasteiger partial charge in [-0.1, -0.05) is 54.6 Å². The highest BCUT2D eigenvalue weighted by molar-refractivity contribution is 5.82. The Balaban J connectivity index is 1.48. The zero-order chi connectivity index (χ0) is 23.1. The lowest BCUT2D eigenvalue weighted by Gasteiger charge is -2.33. The maximum Gasteiger partial charge on any atom is 0.326 e. The van der Waals surface area contributed by atoms with Crippen LogP contribution in [0.3, 0.4) is 0 Å². The van der Waals surface area contributed by atoms with Crippen LogP contribution in [0.25, 0.3) is 0 Å². The highest BCUT2D eigenvalue weighted by Crippen LogP contribution is 2.19. The molecule has 0 aliphatic carbocycles. The van der Waals surface area contributed by atoms with Gasteiger partial charge in [0.2, 0.25) is 0 Å². The van der Waals surface area contributed by atoms with Gasteiger partial charge in [0.15, 0.2) is 0 Å². The van der Waals surface area contributed by atoms with Crippen molar-refractivity contribution in [2.45, 2.75) is 25.4 Å². The van der Waals surface area contributed by atoms with Gasteiger partial charge in [-0.25, -0.2) is 14.4 Å². The highest BCUT2D eigenvalue weighted by atomic mass is 16.4. The van der Waals surface area contributed by atoms with Crippen LogP contribution in [0.15, 0.2) is 54.6 Å². The molecule has 8 heteroatoms. The second-order valence-electron chi connectivity index (χ2n) is 8.10. The molecular formula is C24H30N4O4. The van der Waals surface area contributed by atoms with E-state index < -0.39 is 18.0 Å². The molecule has 0 saturated carbocycles. The fourth-order valence-electron chi connectivity index (χ4n) is 3.71. The molecule has 2 aromatic rings. The Morgan fingerprint density at radius 2 is 1.59 bits per heavy atom. The summed E-state index contributed by atoms with van der Waals surface area (Å²) in [6.45, 7) is 1.87. The molecule has 170 valence electrons. The summed E-state index contributed by atoms with van der Waals surface area (Å²) in [7, 11) is 3.30. The van der Waals surface area contributed by atoms with Crippen molar-refractivity contribution in [2.75, 3.05) is 33.7 Å². The number of fused-ring (bicyclic) bond motifs is 1. The van der Waals surface area contributed by atoms with E-state index in [4.69, 9.17) is 0 Å². The fraction of sp³-hybridized carbons (Fsp3) is 0.375. The van der Waals surface area contributed by atoms with Crippen molar-refractivity contribution in [3.63, 3.8) is 0 Å². The van der Waals surface area contributed by atoms with Gasteiger partial charge in [0, 0.05) is 46.7 Å². The number of carbonyl (C=O) groups excluding carboxylic acids is 2. The topological polar surface area (TPSA) is 93.2 Å². The fourth-order valence-corrected chi connectivity index (χ4v) is 3.71. The van der Waals surface area contributed by atoms with E-state index in [0.717, 1.165) is 17.5 Å². The molecule has 0 bridgehead atoms. The van der Waals surface area contributed by atoms with Crippen LogP contribution in [0.5, 0.6) is 0 Å². The van der Waals surface area contributed by atoms with Crippen LogP contribution >= 0.6 is 0 Å². The van der Waals surface area contributed by atoms with Crippen molar-refractivity contribution in [3.8, 4) is 0 Å². The van der Waals surface area contributed by atoms with E-state index in [1.165, 1.54) is 10.5 Å². The normalized spacial score (nSPS) is 13.6. The van der Waals surface area contributed by atoms with Gasteiger partial charge >= 0.3 is 18.0 Å². The molecule has 0 spiro atoms. The van der Waals surface area contributed by atoms with Crippen molar-refractivity contribution in [3.05, 3.63) is 71.3 Å². The maximum absolute atomic E-state index is 12.8. The van der Waals surface area contributed by atoms with Gasteiger partial charge in [0.25, 0.3) is 0 Å². The van der Waals surface area contributed by atoms with Crippen LogP contribution in [0.4, 0.5) is 9.59 Å². The summed E-state index contributed by atoms with van der Waals surface area (Å²) >= 11 is 0. The first-order valence-corrected chi connectivity index (χ1v) is 10.7. The molecule has 0 radical (unpaired) electrons. The van der Waals surface area contributed by atoms with E-state index in [2.05, 4.69) is 11.4 Å². The molecule has 0 aromatic heterocycles. The number of carboxylic acid groups (broad SMARTS) is 1. The molecule has 3 rings (SSSR count). The molecule has 2 aromatic carbocycles. The predicted molar refractivity (Wildman–Crippen MR) is 121 cm³/mol. The van der Waals surface area contributed by atoms with Crippen LogP contribution in [0.1, 0.15) is 16.7 Å². The van der Waals surface area contributed by atoms with Crippen molar-refractivity contribution in [2.24, 2.45) is 0 Å². The molecule has 32 heavy (non-hydrogen) atoms. The SMILES string of the molecule is CN(CCN(C)C(=O)N1CCc2ccccc2C1)C(=O)N[C@@H](Cc1ccccc1)C(=O)O. The summed E-state index contributed by atoms with van der Waals surface area (Å²) in [4.78, 5) is 41.7. The number of aliphatic carboxylic acids is 1. The van der Waals surface area contributed by atoms with Crippen molar-refractivity contribution < 1.29 is 19.5 Å². The number of urea groups is 2. The number of carbonyl (C=O) groups is 3. The van der Waals surface area contributed by atoms with E-state index >= 15 is 0 Å². The first-order valence-electron chi connectivity index (χ1n) is 10.7. The zero-order valence-electron chi connectivity index (χ0n) is 18.5. The minimum absolute atomic E-state index is 0.0826. The van der Waals surface area contributed by atoms with Crippen LogP contribution in [-0.2, 0) is 24.2 Å². The van der Waals surface area contributed by atoms with Crippen molar-refractivity contribution in [1.29, 1.82) is 0 Å². The minimum atomic E-state index is -1.09. The summed E-state index contributed by atoms with van der Waals surface area (Å²) in [6.07, 6.45) is 1.03. The highest BCUT2D eigenvalue weighted by Gasteiger charge is 2.25. The Morgan fingerprint density at radius 1 is 0.969 bits per heavy atom. The molecule has 1 aliphatic heterocycles. The van der Waals surface area contributed by atoms with Gasteiger partial charge in [-0.15, -0.1) is 0 Å². The molecule has 2 N–H and O–H groups in total. The third-order valence-electron chi connectivity index (χ3n) is 5.72. The Bertz CT molecular complexity index is 950. The molecule has 0 fully saturated rings. The number of rotatable bonds is 7. The summed E-state index contributed by atoms with van der Waals surface area (Å²) < 4.78 is 0. The van der Waals surface area contributed by atoms with E-state index in [1.54, 1.807) is 19.0 Å². The number of hydrogen-bond donors (Lipinski definition) is 2. The molecule has 1 heterocycles. The number of amides is 4. The van der Waals surface area contributed by atoms with Gasteiger partial charge in [0.05, 0.1) is 0 Å². The first-order chi connectivity index (χ1) is 15.3. The number of carboxylic acids is 1. The molecule has 1 atom stereocenters. The molecule has 0 unspecified atom stereocenters. The number of nitrogens with zero attached hydrogens (tertiary/aromatic N) is 3. The zero-order valence-corrected chi connectivity index (χ0v) is 18.5. The number of nitrogens with one attached hydrogen (secondary N) is 1. The van der Waals surface area contributed by atoms with E-state index in [0.29, 0.717) is 19.6 Å². The Kier molecular flexibility index (Phi) is 7.70.